The fourth-order valence-electron chi connectivity index (χ4n) is 2.33. The molecule has 0 aromatic heterocycles. The van der Waals surface area contributed by atoms with E-state index in [4.69, 9.17) is 0 Å². The first-order valence-corrected chi connectivity index (χ1v) is 5.46. The van der Waals surface area contributed by atoms with Gasteiger partial charge in [-0.15, -0.1) is 0 Å². The van der Waals surface area contributed by atoms with E-state index in [0.29, 0.717) is 0 Å². The maximum atomic E-state index is 3.41. The van der Waals surface area contributed by atoms with Crippen LogP contribution < -0.4 is 5.32 Å². The van der Waals surface area contributed by atoms with Crippen LogP contribution in [-0.4, -0.2) is 37.1 Å². The summed E-state index contributed by atoms with van der Waals surface area (Å²) in [6.07, 6.45) is 6.40. The van der Waals surface area contributed by atoms with Crippen LogP contribution in [0.2, 0.25) is 0 Å². The van der Waals surface area contributed by atoms with E-state index < -0.39 is 0 Å². The van der Waals surface area contributed by atoms with Gasteiger partial charge in [0.25, 0.3) is 0 Å². The Kier molecular flexibility index (Phi) is 3.01. The molecule has 0 amide bonds. The van der Waals surface area contributed by atoms with Gasteiger partial charge in [0.1, 0.15) is 0 Å². The second-order valence-electron chi connectivity index (χ2n) is 4.26. The number of hydrogen-bond donors (Lipinski definition) is 1. The summed E-state index contributed by atoms with van der Waals surface area (Å²) in [4.78, 5) is 2.65. The average Bonchev–Trinajstić information content (AvgIpc) is 2.20. The molecule has 1 aliphatic heterocycles. The van der Waals surface area contributed by atoms with Crippen LogP contribution in [0.25, 0.3) is 0 Å². The minimum atomic E-state index is 0.839. The van der Waals surface area contributed by atoms with Gasteiger partial charge in [-0.05, 0) is 26.2 Å². The predicted molar refractivity (Wildman–Crippen MR) is 55.8 cm³/mol. The van der Waals surface area contributed by atoms with Crippen molar-refractivity contribution in [3.63, 3.8) is 0 Å². The van der Waals surface area contributed by atoms with Gasteiger partial charge in [0.15, 0.2) is 0 Å². The Hall–Kier alpha value is -0.340. The lowest BCUT2D eigenvalue weighted by atomic mass is 9.95. The second-order valence-corrected chi connectivity index (χ2v) is 4.26. The quantitative estimate of drug-likeness (QED) is 0.613. The van der Waals surface area contributed by atoms with E-state index in [1.807, 2.05) is 0 Å². The molecule has 74 valence electrons. The molecule has 1 unspecified atom stereocenters. The summed E-state index contributed by atoms with van der Waals surface area (Å²) in [5.41, 5.74) is 1.59. The zero-order chi connectivity index (χ0) is 9.10. The molecule has 2 aliphatic rings. The van der Waals surface area contributed by atoms with Crippen LogP contribution in [-0.2, 0) is 0 Å². The molecule has 0 aromatic carbocycles. The Morgan fingerprint density at radius 1 is 1.38 bits per heavy atom. The summed E-state index contributed by atoms with van der Waals surface area (Å²) in [5, 5.41) is 3.41. The summed E-state index contributed by atoms with van der Waals surface area (Å²) < 4.78 is 0. The van der Waals surface area contributed by atoms with Gasteiger partial charge in [-0.1, -0.05) is 11.6 Å². The summed E-state index contributed by atoms with van der Waals surface area (Å²) in [5.74, 6) is 0. The largest absolute Gasteiger partial charge is 0.314 e. The van der Waals surface area contributed by atoms with E-state index in [1.165, 1.54) is 45.4 Å². The Balaban J connectivity index is 1.86. The van der Waals surface area contributed by atoms with E-state index in [9.17, 15) is 0 Å². The number of rotatable bonds is 1. The van der Waals surface area contributed by atoms with Crippen LogP contribution in [0.3, 0.4) is 0 Å². The smallest absolute Gasteiger partial charge is 0.0134 e. The summed E-state index contributed by atoms with van der Waals surface area (Å²) >= 11 is 0. The third kappa shape index (κ3) is 2.32. The van der Waals surface area contributed by atoms with Gasteiger partial charge in [0, 0.05) is 32.2 Å². The van der Waals surface area contributed by atoms with Crippen molar-refractivity contribution in [2.45, 2.75) is 32.2 Å². The SMILES string of the molecule is CC1=CCC(N2CCNCC2)CC1. The topological polar surface area (TPSA) is 15.3 Å². The van der Waals surface area contributed by atoms with E-state index in [1.54, 1.807) is 5.57 Å². The molecule has 13 heavy (non-hydrogen) atoms. The van der Waals surface area contributed by atoms with Crippen LogP contribution in [0.5, 0.6) is 0 Å². The molecule has 0 radical (unpaired) electrons. The van der Waals surface area contributed by atoms with Crippen molar-refractivity contribution >= 4 is 0 Å². The molecular weight excluding hydrogens is 160 g/mol. The fraction of sp³-hybridized carbons (Fsp3) is 0.818. The minimum Gasteiger partial charge on any atom is -0.314 e. The van der Waals surface area contributed by atoms with E-state index >= 15 is 0 Å². The molecular formula is C11H20N2. The molecule has 1 aliphatic carbocycles. The molecule has 0 saturated carbocycles. The number of nitrogens with zero attached hydrogens (tertiary/aromatic N) is 1. The van der Waals surface area contributed by atoms with Crippen molar-refractivity contribution in [1.29, 1.82) is 0 Å². The lowest BCUT2D eigenvalue weighted by Gasteiger charge is -2.36. The number of allylic oxidation sites excluding steroid dienone is 1. The van der Waals surface area contributed by atoms with Crippen LogP contribution in [0, 0.1) is 0 Å². The molecule has 2 heteroatoms. The number of nitrogens with one attached hydrogen (secondary N) is 1. The van der Waals surface area contributed by atoms with Crippen LogP contribution in [0.15, 0.2) is 11.6 Å². The number of piperazine rings is 1. The highest BCUT2D eigenvalue weighted by Crippen LogP contribution is 2.22. The molecule has 1 heterocycles. The standard InChI is InChI=1S/C11H20N2/c1-10-2-4-11(5-3-10)13-8-6-12-7-9-13/h2,11-12H,3-9H2,1H3. The van der Waals surface area contributed by atoms with Crippen molar-refractivity contribution in [1.82, 2.24) is 10.2 Å². The molecule has 2 nitrogen and oxygen atoms in total. The summed E-state index contributed by atoms with van der Waals surface area (Å²) in [7, 11) is 0. The normalized spacial score (nSPS) is 31.5. The second kappa shape index (κ2) is 4.25. The van der Waals surface area contributed by atoms with E-state index in [-0.39, 0.29) is 0 Å². The first-order chi connectivity index (χ1) is 6.36. The van der Waals surface area contributed by atoms with Gasteiger partial charge in [-0.3, -0.25) is 4.90 Å². The molecule has 1 saturated heterocycles. The van der Waals surface area contributed by atoms with E-state index in [2.05, 4.69) is 23.2 Å². The summed E-state index contributed by atoms with van der Waals surface area (Å²) in [6.45, 7) is 7.11. The Morgan fingerprint density at radius 3 is 2.77 bits per heavy atom. The molecule has 0 aromatic rings. The van der Waals surface area contributed by atoms with Crippen molar-refractivity contribution in [3.8, 4) is 0 Å². The lowest BCUT2D eigenvalue weighted by molar-refractivity contribution is 0.162. The molecule has 2 rings (SSSR count). The van der Waals surface area contributed by atoms with Crippen molar-refractivity contribution in [2.24, 2.45) is 0 Å². The predicted octanol–water partition coefficient (Wildman–Crippen LogP) is 1.39. The molecule has 1 atom stereocenters. The Bertz CT molecular complexity index is 192. The van der Waals surface area contributed by atoms with E-state index in [0.717, 1.165) is 6.04 Å². The van der Waals surface area contributed by atoms with Gasteiger partial charge in [-0.2, -0.15) is 0 Å². The fourth-order valence-corrected chi connectivity index (χ4v) is 2.33. The maximum absolute atomic E-state index is 3.41. The molecule has 1 N–H and O–H groups in total. The molecule has 0 spiro atoms. The maximum Gasteiger partial charge on any atom is 0.0134 e. The highest BCUT2D eigenvalue weighted by Gasteiger charge is 2.21. The Labute approximate surface area is 81.0 Å². The van der Waals surface area contributed by atoms with Gasteiger partial charge in [-0.25, -0.2) is 0 Å². The zero-order valence-corrected chi connectivity index (χ0v) is 8.55. The van der Waals surface area contributed by atoms with Crippen LogP contribution in [0.4, 0.5) is 0 Å². The van der Waals surface area contributed by atoms with Gasteiger partial charge in [0.05, 0.1) is 0 Å². The van der Waals surface area contributed by atoms with Crippen LogP contribution >= 0.6 is 0 Å². The zero-order valence-electron chi connectivity index (χ0n) is 8.55. The molecule has 1 fully saturated rings. The summed E-state index contributed by atoms with van der Waals surface area (Å²) in [6, 6.07) is 0.839. The highest BCUT2D eigenvalue weighted by molar-refractivity contribution is 5.05. The Morgan fingerprint density at radius 2 is 2.15 bits per heavy atom. The van der Waals surface area contributed by atoms with Crippen molar-refractivity contribution in [2.75, 3.05) is 26.2 Å². The first kappa shape index (κ1) is 9.22. The average molecular weight is 180 g/mol. The van der Waals surface area contributed by atoms with Crippen molar-refractivity contribution in [3.05, 3.63) is 11.6 Å². The highest BCUT2D eigenvalue weighted by atomic mass is 15.2. The molecule has 0 bridgehead atoms. The third-order valence-corrected chi connectivity index (χ3v) is 3.28. The lowest BCUT2D eigenvalue weighted by Crippen LogP contribution is -2.48. The van der Waals surface area contributed by atoms with Gasteiger partial charge >= 0.3 is 0 Å². The van der Waals surface area contributed by atoms with Gasteiger partial charge < -0.3 is 5.32 Å². The monoisotopic (exact) mass is 180 g/mol. The first-order valence-electron chi connectivity index (χ1n) is 5.46. The van der Waals surface area contributed by atoms with Gasteiger partial charge in [0.2, 0.25) is 0 Å². The minimum absolute atomic E-state index is 0.839. The van der Waals surface area contributed by atoms with Crippen LogP contribution in [0.1, 0.15) is 26.2 Å². The van der Waals surface area contributed by atoms with Crippen molar-refractivity contribution < 1.29 is 0 Å². The number of hydrogen-bond acceptors (Lipinski definition) is 2. The third-order valence-electron chi connectivity index (χ3n) is 3.28.